The van der Waals surface area contributed by atoms with E-state index in [0.717, 1.165) is 70.8 Å². The first-order valence-corrected chi connectivity index (χ1v) is 17.6. The van der Waals surface area contributed by atoms with Crippen LogP contribution in [-0.2, 0) is 11.2 Å². The smallest absolute Gasteiger partial charge is 0.410 e. The van der Waals surface area contributed by atoms with Crippen LogP contribution in [0.25, 0.3) is 32.8 Å². The Morgan fingerprint density at radius 2 is 1.88 bits per heavy atom. The van der Waals surface area contributed by atoms with Crippen molar-refractivity contribution in [1.82, 2.24) is 19.8 Å². The van der Waals surface area contributed by atoms with E-state index in [9.17, 15) is 10.1 Å². The molecule has 0 aliphatic carbocycles. The number of anilines is 1. The first-order chi connectivity index (χ1) is 23.6. The first-order valence-electron chi connectivity index (χ1n) is 17.2. The van der Waals surface area contributed by atoms with Gasteiger partial charge < -0.3 is 28.9 Å². The molecule has 0 unspecified atom stereocenters. The number of aromatic nitrogens is 2. The van der Waals surface area contributed by atoms with Gasteiger partial charge in [-0.1, -0.05) is 41.9 Å². The zero-order valence-corrected chi connectivity index (χ0v) is 29.4. The monoisotopic (exact) mass is 682 g/mol. The standard InChI is InChI=1S/C38H43ClN6O4/c1-38(2,3)49-37(46)45-19-18-44(22-25(45)15-16-40)35-33-31(41-36(42-35)48-23-26-11-7-17-43(26)4)21-29(28-13-8-20-47-34(28)33)27-12-5-9-24-10-6-14-30(39)32(24)27/h5-6,9-10,12,14,21,25-26H,7-8,11,13,15,17-20,22-23H2,1-4H3/t25-,26-/m0/s1. The Hall–Kier alpha value is -4.33. The number of carbonyl (C=O) groups excluding carboxylic acids is 1. The lowest BCUT2D eigenvalue weighted by molar-refractivity contribution is 0.0145. The van der Waals surface area contributed by atoms with Gasteiger partial charge >= 0.3 is 12.1 Å². The molecule has 1 amide bonds. The number of rotatable bonds is 6. The Kier molecular flexibility index (Phi) is 9.16. The fourth-order valence-corrected chi connectivity index (χ4v) is 7.68. The van der Waals surface area contributed by atoms with Gasteiger partial charge in [0, 0.05) is 41.6 Å². The highest BCUT2D eigenvalue weighted by Crippen LogP contribution is 2.46. The van der Waals surface area contributed by atoms with E-state index in [4.69, 9.17) is 35.8 Å². The van der Waals surface area contributed by atoms with E-state index in [1.807, 2.05) is 32.9 Å². The zero-order chi connectivity index (χ0) is 34.3. The van der Waals surface area contributed by atoms with Gasteiger partial charge in [-0.15, -0.1) is 0 Å². The molecule has 4 aromatic rings. The van der Waals surface area contributed by atoms with E-state index in [1.165, 1.54) is 0 Å². The average molecular weight is 683 g/mol. The Labute approximate surface area is 292 Å². The average Bonchev–Trinajstić information content (AvgIpc) is 3.50. The lowest BCUT2D eigenvalue weighted by Crippen LogP contribution is -2.56. The number of hydrogen-bond donors (Lipinski definition) is 0. The Balaban J connectivity index is 1.36. The van der Waals surface area contributed by atoms with Gasteiger partial charge in [-0.05, 0) is 88.7 Å². The molecule has 1 aromatic heterocycles. The number of nitriles is 1. The van der Waals surface area contributed by atoms with Crippen LogP contribution >= 0.6 is 11.6 Å². The molecular formula is C38H43ClN6O4. The van der Waals surface area contributed by atoms with Crippen LogP contribution < -0.4 is 14.4 Å². The molecule has 4 heterocycles. The number of benzene rings is 3. The summed E-state index contributed by atoms with van der Waals surface area (Å²) >= 11 is 6.84. The maximum Gasteiger partial charge on any atom is 0.410 e. The fraction of sp³-hybridized carbons (Fsp3) is 0.474. The molecule has 3 aliphatic rings. The van der Waals surface area contributed by atoms with Gasteiger partial charge in [0.2, 0.25) is 0 Å². The van der Waals surface area contributed by atoms with Crippen molar-refractivity contribution in [3.05, 3.63) is 53.1 Å². The number of ether oxygens (including phenoxy) is 3. The molecule has 11 heteroatoms. The summed E-state index contributed by atoms with van der Waals surface area (Å²) in [7, 11) is 2.12. The topological polar surface area (TPSA) is 104 Å². The third kappa shape index (κ3) is 6.66. The molecule has 0 N–H and O–H groups in total. The van der Waals surface area contributed by atoms with Crippen LogP contribution in [-0.4, -0.2) is 90.0 Å². The van der Waals surface area contributed by atoms with Gasteiger partial charge in [0.05, 0.1) is 36.0 Å². The van der Waals surface area contributed by atoms with Gasteiger partial charge in [-0.3, -0.25) is 0 Å². The van der Waals surface area contributed by atoms with E-state index >= 15 is 0 Å². The quantitative estimate of drug-likeness (QED) is 0.208. The summed E-state index contributed by atoms with van der Waals surface area (Å²) in [4.78, 5) is 29.5. The van der Waals surface area contributed by atoms with Gasteiger partial charge in [-0.2, -0.15) is 15.2 Å². The summed E-state index contributed by atoms with van der Waals surface area (Å²) in [5.41, 5.74) is 3.23. The number of halogens is 1. The van der Waals surface area contributed by atoms with Crippen LogP contribution in [0.15, 0.2) is 42.5 Å². The van der Waals surface area contributed by atoms with Crippen LogP contribution in [0.1, 0.15) is 52.0 Å². The number of carbonyl (C=O) groups is 1. The number of piperazine rings is 1. The maximum atomic E-state index is 13.2. The molecule has 256 valence electrons. The van der Waals surface area contributed by atoms with Crippen LogP contribution in [0.5, 0.6) is 11.8 Å². The van der Waals surface area contributed by atoms with Gasteiger partial charge in [0.15, 0.2) is 0 Å². The van der Waals surface area contributed by atoms with Gasteiger partial charge in [0.1, 0.15) is 23.8 Å². The third-order valence-corrected chi connectivity index (χ3v) is 10.1. The number of likely N-dealkylation sites (N-methyl/N-ethyl adjacent to an activating group) is 1. The Morgan fingerprint density at radius 3 is 2.63 bits per heavy atom. The molecule has 2 fully saturated rings. The summed E-state index contributed by atoms with van der Waals surface area (Å²) in [5, 5.41) is 13.3. The SMILES string of the molecule is CN1CCC[C@H]1COc1nc(N2CCN(C(=O)OC(C)(C)C)[C@@H](CC#N)C2)c2c3c(c(-c4cccc5cccc(Cl)c45)cc2n1)CCCO3. The minimum absolute atomic E-state index is 0.163. The number of hydrogen-bond acceptors (Lipinski definition) is 9. The van der Waals surface area contributed by atoms with Crippen molar-refractivity contribution in [3.63, 3.8) is 0 Å². The second-order valence-electron chi connectivity index (χ2n) is 14.3. The summed E-state index contributed by atoms with van der Waals surface area (Å²) < 4.78 is 18.6. The summed E-state index contributed by atoms with van der Waals surface area (Å²) in [6.45, 7) is 8.93. The van der Waals surface area contributed by atoms with Crippen molar-refractivity contribution < 1.29 is 19.0 Å². The maximum absolute atomic E-state index is 13.2. The van der Waals surface area contributed by atoms with Crippen LogP contribution in [0.3, 0.4) is 0 Å². The van der Waals surface area contributed by atoms with Gasteiger partial charge in [0.25, 0.3) is 0 Å². The fourth-order valence-electron chi connectivity index (χ4n) is 7.40. The van der Waals surface area contributed by atoms with Crippen LogP contribution in [0.2, 0.25) is 5.02 Å². The van der Waals surface area contributed by atoms with E-state index in [-0.39, 0.29) is 12.5 Å². The molecular weight excluding hydrogens is 640 g/mol. The highest BCUT2D eigenvalue weighted by atomic mass is 35.5. The highest BCUT2D eigenvalue weighted by molar-refractivity contribution is 6.36. The number of likely N-dealkylation sites (tertiary alicyclic amines) is 1. The summed E-state index contributed by atoms with van der Waals surface area (Å²) in [6.07, 6.45) is 3.66. The predicted octanol–water partition coefficient (Wildman–Crippen LogP) is 7.24. The second kappa shape index (κ2) is 13.5. The van der Waals surface area contributed by atoms with E-state index in [1.54, 1.807) is 4.90 Å². The Morgan fingerprint density at radius 1 is 1.06 bits per heavy atom. The van der Waals surface area contributed by atoms with Crippen molar-refractivity contribution in [1.29, 1.82) is 5.26 Å². The van der Waals surface area contributed by atoms with Crippen molar-refractivity contribution in [2.24, 2.45) is 0 Å². The van der Waals surface area contributed by atoms with Crippen molar-refractivity contribution in [2.75, 3.05) is 51.3 Å². The van der Waals surface area contributed by atoms with E-state index < -0.39 is 11.7 Å². The Bertz CT molecular complexity index is 1930. The number of amides is 1. The minimum Gasteiger partial charge on any atom is -0.492 e. The lowest BCUT2D eigenvalue weighted by atomic mass is 9.89. The summed E-state index contributed by atoms with van der Waals surface area (Å²) in [6, 6.07) is 16.9. The van der Waals surface area contributed by atoms with E-state index in [0.29, 0.717) is 61.3 Å². The summed E-state index contributed by atoms with van der Waals surface area (Å²) in [5.74, 6) is 1.46. The van der Waals surface area contributed by atoms with Crippen molar-refractivity contribution in [3.8, 4) is 29.0 Å². The molecule has 0 radical (unpaired) electrons. The van der Waals surface area contributed by atoms with Crippen LogP contribution in [0.4, 0.5) is 10.6 Å². The molecule has 3 aliphatic heterocycles. The molecule has 7 rings (SSSR count). The largest absolute Gasteiger partial charge is 0.492 e. The normalized spacial score (nSPS) is 19.8. The predicted molar refractivity (Wildman–Crippen MR) is 192 cm³/mol. The van der Waals surface area contributed by atoms with Crippen LogP contribution in [0, 0.1) is 11.3 Å². The molecule has 0 saturated carbocycles. The third-order valence-electron chi connectivity index (χ3n) is 9.78. The molecule has 0 bridgehead atoms. The van der Waals surface area contributed by atoms with Crippen molar-refractivity contribution in [2.45, 2.75) is 70.6 Å². The minimum atomic E-state index is -0.643. The first kappa shape index (κ1) is 33.2. The second-order valence-corrected chi connectivity index (χ2v) is 14.7. The molecule has 49 heavy (non-hydrogen) atoms. The molecule has 3 aromatic carbocycles. The molecule has 2 saturated heterocycles. The highest BCUT2D eigenvalue weighted by Gasteiger charge is 2.36. The molecule has 0 spiro atoms. The van der Waals surface area contributed by atoms with Crippen molar-refractivity contribution >= 4 is 45.2 Å². The van der Waals surface area contributed by atoms with Gasteiger partial charge in [-0.25, -0.2) is 4.79 Å². The molecule has 2 atom stereocenters. The number of nitrogens with zero attached hydrogens (tertiary/aromatic N) is 6. The lowest BCUT2D eigenvalue weighted by Gasteiger charge is -2.41. The van der Waals surface area contributed by atoms with E-state index in [2.05, 4.69) is 53.2 Å². The zero-order valence-electron chi connectivity index (χ0n) is 28.7. The molecule has 10 nitrogen and oxygen atoms in total. The number of fused-ring (bicyclic) bond motifs is 4.